The number of rotatable bonds is 7. The molecule has 1 aromatic rings. The smallest absolute Gasteiger partial charge is 0.222 e. The summed E-state index contributed by atoms with van der Waals surface area (Å²) in [7, 11) is 1.58. The molecule has 0 heterocycles. The summed E-state index contributed by atoms with van der Waals surface area (Å²) in [5, 5.41) is 5.53. The zero-order valence-electron chi connectivity index (χ0n) is 11.3. The lowest BCUT2D eigenvalue weighted by atomic mass is 10.0. The summed E-state index contributed by atoms with van der Waals surface area (Å²) in [6.45, 7) is 2.39. The molecule has 104 valence electrons. The average Bonchev–Trinajstić information content (AvgIpc) is 2.39. The topological polar surface area (TPSA) is 67.4 Å². The molecule has 2 N–H and O–H groups in total. The molecule has 19 heavy (non-hydrogen) atoms. The van der Waals surface area contributed by atoms with Gasteiger partial charge in [-0.3, -0.25) is 9.59 Å². The fourth-order valence-corrected chi connectivity index (χ4v) is 1.73. The molecule has 5 heteroatoms. The molecule has 0 saturated carbocycles. The molecule has 0 bridgehead atoms. The van der Waals surface area contributed by atoms with Crippen molar-refractivity contribution >= 4 is 11.8 Å². The van der Waals surface area contributed by atoms with E-state index in [1.54, 1.807) is 7.11 Å². The fraction of sp³-hybridized carbons (Fsp3) is 0.429. The molecule has 5 nitrogen and oxygen atoms in total. The van der Waals surface area contributed by atoms with Crippen LogP contribution in [0.5, 0.6) is 0 Å². The first-order chi connectivity index (χ1) is 9.13. The normalized spacial score (nSPS) is 11.7. The molecular weight excluding hydrogens is 244 g/mol. The SMILES string of the molecule is COCCNC(=O)C[C@H](NC(C)=O)c1ccccc1. The summed E-state index contributed by atoms with van der Waals surface area (Å²) in [5.41, 5.74) is 0.916. The first-order valence-electron chi connectivity index (χ1n) is 6.21. The highest BCUT2D eigenvalue weighted by Gasteiger charge is 2.16. The Morgan fingerprint density at radius 2 is 1.95 bits per heavy atom. The van der Waals surface area contributed by atoms with Crippen LogP contribution in [-0.2, 0) is 14.3 Å². The summed E-state index contributed by atoms with van der Waals surface area (Å²) >= 11 is 0. The third-order valence-electron chi connectivity index (χ3n) is 2.60. The van der Waals surface area contributed by atoms with E-state index in [0.717, 1.165) is 5.56 Å². The van der Waals surface area contributed by atoms with Crippen LogP contribution in [0.3, 0.4) is 0 Å². The highest BCUT2D eigenvalue weighted by Crippen LogP contribution is 2.16. The lowest BCUT2D eigenvalue weighted by Crippen LogP contribution is -2.33. The molecule has 0 aliphatic heterocycles. The van der Waals surface area contributed by atoms with Crippen molar-refractivity contribution in [2.75, 3.05) is 20.3 Å². The van der Waals surface area contributed by atoms with Crippen LogP contribution in [0.15, 0.2) is 30.3 Å². The maximum atomic E-state index is 11.8. The Morgan fingerprint density at radius 1 is 1.26 bits per heavy atom. The Labute approximate surface area is 113 Å². The maximum Gasteiger partial charge on any atom is 0.222 e. The van der Waals surface area contributed by atoms with E-state index in [1.165, 1.54) is 6.92 Å². The lowest BCUT2D eigenvalue weighted by Gasteiger charge is -2.18. The summed E-state index contributed by atoms with van der Waals surface area (Å²) in [6, 6.07) is 9.14. The second kappa shape index (κ2) is 8.26. The molecule has 1 atom stereocenters. The molecule has 0 aliphatic carbocycles. The summed E-state index contributed by atoms with van der Waals surface area (Å²) in [5.74, 6) is -0.266. The highest BCUT2D eigenvalue weighted by atomic mass is 16.5. The third kappa shape index (κ3) is 6.01. The van der Waals surface area contributed by atoms with Gasteiger partial charge in [-0.1, -0.05) is 30.3 Å². The molecular formula is C14H20N2O3. The monoisotopic (exact) mass is 264 g/mol. The molecule has 0 saturated heterocycles. The van der Waals surface area contributed by atoms with Gasteiger partial charge in [0.2, 0.25) is 11.8 Å². The van der Waals surface area contributed by atoms with Crippen molar-refractivity contribution in [2.24, 2.45) is 0 Å². The van der Waals surface area contributed by atoms with Crippen molar-refractivity contribution < 1.29 is 14.3 Å². The van der Waals surface area contributed by atoms with Crippen LogP contribution in [0.1, 0.15) is 24.9 Å². The van der Waals surface area contributed by atoms with E-state index < -0.39 is 0 Å². The number of nitrogens with one attached hydrogen (secondary N) is 2. The number of methoxy groups -OCH3 is 1. The van der Waals surface area contributed by atoms with E-state index in [9.17, 15) is 9.59 Å². The lowest BCUT2D eigenvalue weighted by molar-refractivity contribution is -0.122. The van der Waals surface area contributed by atoms with Crippen molar-refractivity contribution in [1.29, 1.82) is 0 Å². The quantitative estimate of drug-likeness (QED) is 0.722. The Balaban J connectivity index is 2.60. The van der Waals surface area contributed by atoms with Crippen molar-refractivity contribution in [1.82, 2.24) is 10.6 Å². The highest BCUT2D eigenvalue weighted by molar-refractivity contribution is 5.79. The summed E-state index contributed by atoms with van der Waals surface area (Å²) < 4.78 is 4.86. The molecule has 0 spiro atoms. The van der Waals surface area contributed by atoms with Crippen molar-refractivity contribution in [2.45, 2.75) is 19.4 Å². The van der Waals surface area contributed by atoms with Gasteiger partial charge < -0.3 is 15.4 Å². The zero-order chi connectivity index (χ0) is 14.1. The Morgan fingerprint density at radius 3 is 2.53 bits per heavy atom. The van der Waals surface area contributed by atoms with Crippen molar-refractivity contribution in [3.05, 3.63) is 35.9 Å². The predicted octanol–water partition coefficient (Wildman–Crippen LogP) is 1.02. The Bertz CT molecular complexity index is 406. The number of hydrogen-bond acceptors (Lipinski definition) is 3. The summed E-state index contributed by atoms with van der Waals surface area (Å²) in [4.78, 5) is 23.0. The van der Waals surface area contributed by atoms with Crippen LogP contribution in [0.4, 0.5) is 0 Å². The second-order valence-electron chi connectivity index (χ2n) is 4.21. The number of hydrogen-bond donors (Lipinski definition) is 2. The van der Waals surface area contributed by atoms with Crippen LogP contribution in [0, 0.1) is 0 Å². The van der Waals surface area contributed by atoms with Gasteiger partial charge in [0.1, 0.15) is 0 Å². The average molecular weight is 264 g/mol. The van der Waals surface area contributed by atoms with E-state index >= 15 is 0 Å². The third-order valence-corrected chi connectivity index (χ3v) is 2.60. The molecule has 0 unspecified atom stereocenters. The second-order valence-corrected chi connectivity index (χ2v) is 4.21. The Kier molecular flexibility index (Phi) is 6.60. The van der Waals surface area contributed by atoms with Gasteiger partial charge in [-0.15, -0.1) is 0 Å². The van der Waals surface area contributed by atoms with Crippen molar-refractivity contribution in [3.8, 4) is 0 Å². The van der Waals surface area contributed by atoms with Gasteiger partial charge in [0.15, 0.2) is 0 Å². The first kappa shape index (κ1) is 15.2. The fourth-order valence-electron chi connectivity index (χ4n) is 1.73. The molecule has 0 aliphatic rings. The van der Waals surface area contributed by atoms with Gasteiger partial charge >= 0.3 is 0 Å². The van der Waals surface area contributed by atoms with Gasteiger partial charge in [0.05, 0.1) is 19.1 Å². The van der Waals surface area contributed by atoms with E-state index in [4.69, 9.17) is 4.74 Å². The van der Waals surface area contributed by atoms with E-state index in [1.807, 2.05) is 30.3 Å². The van der Waals surface area contributed by atoms with E-state index in [-0.39, 0.29) is 24.3 Å². The predicted molar refractivity (Wildman–Crippen MR) is 72.5 cm³/mol. The molecule has 1 rings (SSSR count). The standard InChI is InChI=1S/C14H20N2O3/c1-11(17)16-13(12-6-4-3-5-7-12)10-14(18)15-8-9-19-2/h3-7,13H,8-10H2,1-2H3,(H,15,18)(H,16,17)/t13-/m0/s1. The number of amides is 2. The van der Waals surface area contributed by atoms with Gasteiger partial charge in [-0.2, -0.15) is 0 Å². The van der Waals surface area contributed by atoms with Crippen LogP contribution in [-0.4, -0.2) is 32.1 Å². The minimum atomic E-state index is -0.304. The molecule has 0 radical (unpaired) electrons. The van der Waals surface area contributed by atoms with Gasteiger partial charge in [0, 0.05) is 20.6 Å². The molecule has 0 fully saturated rings. The van der Waals surface area contributed by atoms with Gasteiger partial charge in [0.25, 0.3) is 0 Å². The van der Waals surface area contributed by atoms with E-state index in [2.05, 4.69) is 10.6 Å². The number of carbonyl (C=O) groups excluding carboxylic acids is 2. The zero-order valence-corrected chi connectivity index (χ0v) is 11.3. The van der Waals surface area contributed by atoms with Crippen LogP contribution >= 0.6 is 0 Å². The number of ether oxygens (including phenoxy) is 1. The molecule has 1 aromatic carbocycles. The minimum Gasteiger partial charge on any atom is -0.383 e. The van der Waals surface area contributed by atoms with E-state index in [0.29, 0.717) is 13.2 Å². The summed E-state index contributed by atoms with van der Waals surface area (Å²) in [6.07, 6.45) is 0.216. The van der Waals surface area contributed by atoms with Crippen LogP contribution in [0.25, 0.3) is 0 Å². The molecule has 0 aromatic heterocycles. The minimum absolute atomic E-state index is 0.111. The van der Waals surface area contributed by atoms with Crippen LogP contribution in [0.2, 0.25) is 0 Å². The molecule has 2 amide bonds. The first-order valence-corrected chi connectivity index (χ1v) is 6.21. The number of benzene rings is 1. The number of carbonyl (C=O) groups is 2. The largest absolute Gasteiger partial charge is 0.383 e. The van der Waals surface area contributed by atoms with Gasteiger partial charge in [-0.05, 0) is 5.56 Å². The van der Waals surface area contributed by atoms with Crippen molar-refractivity contribution in [3.63, 3.8) is 0 Å². The Hall–Kier alpha value is -1.88. The van der Waals surface area contributed by atoms with Gasteiger partial charge in [-0.25, -0.2) is 0 Å². The van der Waals surface area contributed by atoms with Crippen LogP contribution < -0.4 is 10.6 Å². The maximum absolute atomic E-state index is 11.8.